The Morgan fingerprint density at radius 1 is 0.673 bits per heavy atom. The Hall–Kier alpha value is -4.09. The summed E-state index contributed by atoms with van der Waals surface area (Å²) in [7, 11) is 6.46. The van der Waals surface area contributed by atoms with Crippen molar-refractivity contribution in [2.45, 2.75) is 19.5 Å². The molecule has 4 aromatic carbocycles. The number of halogens is 1. The van der Waals surface area contributed by atoms with E-state index in [1.807, 2.05) is 48.5 Å². The minimum Gasteiger partial charge on any atom is -1.00 e. The summed E-state index contributed by atoms with van der Waals surface area (Å²) >= 11 is 0. The number of hydrogen-bond donors (Lipinski definition) is 2. The van der Waals surface area contributed by atoms with Crippen LogP contribution in [0.3, 0.4) is 0 Å². The smallest absolute Gasteiger partial charge is 0.309 e. The van der Waals surface area contributed by atoms with Crippen LogP contribution in [0.15, 0.2) is 121 Å². The van der Waals surface area contributed by atoms with Crippen LogP contribution in [0.2, 0.25) is 0 Å². The van der Waals surface area contributed by atoms with Gasteiger partial charge in [0.2, 0.25) is 0 Å². The van der Waals surface area contributed by atoms with Crippen LogP contribution in [0.4, 0.5) is 0 Å². The van der Waals surface area contributed by atoms with E-state index < -0.39 is 5.97 Å². The topological polar surface area (TPSA) is 94.6 Å². The Morgan fingerprint density at radius 2 is 0.959 bits per heavy atom. The minimum absolute atomic E-state index is 0. The second kappa shape index (κ2) is 21.1. The lowest BCUT2D eigenvalue weighted by Crippen LogP contribution is -3.00. The van der Waals surface area contributed by atoms with Gasteiger partial charge in [-0.2, -0.15) is 0 Å². The van der Waals surface area contributed by atoms with Crippen molar-refractivity contribution in [1.82, 2.24) is 20.3 Å². The molecule has 2 aliphatic heterocycles. The summed E-state index contributed by atoms with van der Waals surface area (Å²) in [6.07, 6.45) is 0. The number of carboxylic acid groups (broad SMARTS) is 1. The van der Waals surface area contributed by atoms with E-state index in [1.165, 1.54) is 34.4 Å². The monoisotopic (exact) mass is 689 g/mol. The van der Waals surface area contributed by atoms with Crippen molar-refractivity contribution < 1.29 is 36.8 Å². The van der Waals surface area contributed by atoms with Crippen molar-refractivity contribution in [2.24, 2.45) is 11.8 Å². The average Bonchev–Trinajstić information content (AvgIpc) is 3.08. The van der Waals surface area contributed by atoms with Crippen LogP contribution in [0.1, 0.15) is 41.8 Å². The molecule has 2 aliphatic rings. The maximum Gasteiger partial charge on any atom is 0.309 e. The molecule has 4 aromatic rings. The van der Waals surface area contributed by atoms with Crippen LogP contribution in [0, 0.1) is 11.8 Å². The zero-order valence-corrected chi connectivity index (χ0v) is 28.7. The number of carboxylic acids is 1. The molecule has 49 heavy (non-hydrogen) atoms. The molecule has 0 saturated carbocycles. The maximum atomic E-state index is 12.2. The highest BCUT2D eigenvalue weighted by Gasteiger charge is 2.39. The zero-order valence-electron chi connectivity index (χ0n) is 28.0. The molecule has 9 nitrogen and oxygen atoms in total. The lowest BCUT2D eigenvalue weighted by atomic mass is 9.90. The minimum atomic E-state index is -0.693. The first-order valence-corrected chi connectivity index (χ1v) is 15.8. The number of hydroxylamine groups is 3. The quantitative estimate of drug-likeness (QED) is 0.246. The molecule has 2 fully saturated rings. The van der Waals surface area contributed by atoms with Gasteiger partial charge < -0.3 is 22.4 Å². The van der Waals surface area contributed by atoms with E-state index in [9.17, 15) is 9.59 Å². The summed E-state index contributed by atoms with van der Waals surface area (Å²) in [6, 6.07) is 41.8. The second-order valence-corrected chi connectivity index (χ2v) is 11.5. The van der Waals surface area contributed by atoms with Crippen molar-refractivity contribution in [3.8, 4) is 0 Å². The highest BCUT2D eigenvalue weighted by atomic mass is 35.5. The molecular formula is C39H50ClN4O5-. The third-order valence-electron chi connectivity index (χ3n) is 8.50. The molecule has 2 N–H and O–H groups in total. The Kier molecular flexibility index (Phi) is 17.7. The van der Waals surface area contributed by atoms with E-state index in [0.717, 1.165) is 13.1 Å². The molecule has 0 radical (unpaired) electrons. The molecule has 0 spiro atoms. The standard InChI is InChI=1S/C19H22N2O2.C17H17NO2.C2H7NO.CH4.ClH/c1-20(23-2)19(22)17-13-21(14-17)18(15-9-5-3-6-10-15)16-11-7-4-8-12-16;19-17(20)15-11-18(12-15)16(13-7-3-1-4-8-13)14-9-5-2-6-10-14;1-3-4-2;;/h3-12,17-18H,13-14H2,1-2H3;1-10,15-16H,11-12H2,(H,19,20);3H,1-2H3;1H4;1H/p-1. The molecule has 1 amide bonds. The molecule has 0 atom stereocenters. The summed E-state index contributed by atoms with van der Waals surface area (Å²) in [5.41, 5.74) is 7.36. The first-order valence-electron chi connectivity index (χ1n) is 15.8. The van der Waals surface area contributed by atoms with Gasteiger partial charge in [0.05, 0.1) is 38.1 Å². The van der Waals surface area contributed by atoms with E-state index in [-0.39, 0.29) is 49.7 Å². The maximum absolute atomic E-state index is 12.2. The molecule has 0 aromatic heterocycles. The predicted molar refractivity (Wildman–Crippen MR) is 190 cm³/mol. The highest BCUT2D eigenvalue weighted by molar-refractivity contribution is 5.79. The van der Waals surface area contributed by atoms with Gasteiger partial charge in [0.25, 0.3) is 5.91 Å². The van der Waals surface area contributed by atoms with Crippen molar-refractivity contribution in [3.05, 3.63) is 144 Å². The first kappa shape index (κ1) is 41.1. The molecular weight excluding hydrogens is 640 g/mol. The van der Waals surface area contributed by atoms with Gasteiger partial charge in [-0.3, -0.25) is 24.2 Å². The number of aliphatic carboxylic acids is 1. The van der Waals surface area contributed by atoms with Crippen LogP contribution >= 0.6 is 0 Å². The predicted octanol–water partition coefficient (Wildman–Crippen LogP) is 2.93. The van der Waals surface area contributed by atoms with Crippen molar-refractivity contribution >= 4 is 11.9 Å². The Bertz CT molecular complexity index is 1410. The molecule has 10 heteroatoms. The summed E-state index contributed by atoms with van der Waals surface area (Å²) in [6.45, 7) is 2.73. The number of amides is 1. The molecule has 0 aliphatic carbocycles. The SMILES string of the molecule is C.CNOC.CON(C)C(=O)C1CN(C(c2ccccc2)c2ccccc2)C1.O=C(O)C1CN(C(c2ccccc2)c2ccccc2)C1.[Cl-]. The van der Waals surface area contributed by atoms with Crippen molar-refractivity contribution in [2.75, 3.05) is 54.5 Å². The third kappa shape index (κ3) is 11.2. The Labute approximate surface area is 297 Å². The first-order chi connectivity index (χ1) is 22.9. The number of benzene rings is 4. The van der Waals surface area contributed by atoms with Crippen molar-refractivity contribution in [3.63, 3.8) is 0 Å². The molecule has 2 heterocycles. The Morgan fingerprint density at radius 3 is 1.20 bits per heavy atom. The Balaban J connectivity index is 0.000000298. The van der Waals surface area contributed by atoms with Crippen molar-refractivity contribution in [1.29, 1.82) is 0 Å². The molecule has 0 unspecified atom stereocenters. The van der Waals surface area contributed by atoms with Gasteiger partial charge in [-0.15, -0.1) is 0 Å². The van der Waals surface area contributed by atoms with E-state index >= 15 is 0 Å². The fourth-order valence-corrected chi connectivity index (χ4v) is 5.88. The fraction of sp³-hybridized carbons (Fsp3) is 0.333. The largest absolute Gasteiger partial charge is 1.00 e. The summed E-state index contributed by atoms with van der Waals surface area (Å²) in [5, 5.41) is 10.4. The van der Waals surface area contributed by atoms with Crippen LogP contribution in [0.5, 0.6) is 0 Å². The highest BCUT2D eigenvalue weighted by Crippen LogP contribution is 2.35. The zero-order chi connectivity index (χ0) is 33.6. The lowest BCUT2D eigenvalue weighted by molar-refractivity contribution is -0.179. The van der Waals surface area contributed by atoms with Crippen LogP contribution in [-0.2, 0) is 19.3 Å². The third-order valence-corrected chi connectivity index (χ3v) is 8.50. The van der Waals surface area contributed by atoms with Gasteiger partial charge in [0.1, 0.15) is 0 Å². The summed E-state index contributed by atoms with van der Waals surface area (Å²) in [5.74, 6) is -0.871. The van der Waals surface area contributed by atoms with E-state index in [0.29, 0.717) is 13.1 Å². The lowest BCUT2D eigenvalue weighted by Gasteiger charge is -2.44. The van der Waals surface area contributed by atoms with E-state index in [2.05, 4.69) is 92.9 Å². The fourth-order valence-electron chi connectivity index (χ4n) is 5.88. The van der Waals surface area contributed by atoms with Gasteiger partial charge in [0, 0.05) is 40.3 Å². The van der Waals surface area contributed by atoms with Gasteiger partial charge in [-0.1, -0.05) is 129 Å². The number of carbonyl (C=O) groups is 2. The second-order valence-electron chi connectivity index (χ2n) is 11.5. The average molecular weight is 690 g/mol. The number of nitrogens with one attached hydrogen (secondary N) is 1. The van der Waals surface area contributed by atoms with Gasteiger partial charge in [-0.25, -0.2) is 10.5 Å². The molecule has 2 saturated heterocycles. The van der Waals surface area contributed by atoms with Gasteiger partial charge in [0.15, 0.2) is 0 Å². The normalized spacial score (nSPS) is 14.4. The number of nitrogens with zero attached hydrogens (tertiary/aromatic N) is 3. The van der Waals surface area contributed by atoms with Crippen LogP contribution in [-0.4, -0.2) is 86.3 Å². The molecule has 264 valence electrons. The molecule has 0 bridgehead atoms. The van der Waals surface area contributed by atoms with Crippen LogP contribution < -0.4 is 17.9 Å². The summed E-state index contributed by atoms with van der Waals surface area (Å²) < 4.78 is 0. The molecule has 6 rings (SSSR count). The van der Waals surface area contributed by atoms with Crippen LogP contribution in [0.25, 0.3) is 0 Å². The number of rotatable bonds is 10. The van der Waals surface area contributed by atoms with E-state index in [1.54, 1.807) is 21.2 Å². The summed E-state index contributed by atoms with van der Waals surface area (Å²) in [4.78, 5) is 37.0. The van der Waals surface area contributed by atoms with Gasteiger partial charge >= 0.3 is 5.97 Å². The van der Waals surface area contributed by atoms with E-state index in [4.69, 9.17) is 9.94 Å². The number of hydrogen-bond acceptors (Lipinski definition) is 7. The van der Waals surface area contributed by atoms with Gasteiger partial charge in [-0.05, 0) is 22.3 Å². The number of likely N-dealkylation sites (tertiary alicyclic amines) is 2. The number of carbonyl (C=O) groups excluding carboxylic acids is 1.